The van der Waals surface area contributed by atoms with Crippen LogP contribution in [0.3, 0.4) is 0 Å². The van der Waals surface area contributed by atoms with Crippen LogP contribution in [-0.4, -0.2) is 10.9 Å². The van der Waals surface area contributed by atoms with Crippen molar-refractivity contribution in [3.05, 3.63) is 81.0 Å². The van der Waals surface area contributed by atoms with Gasteiger partial charge in [-0.1, -0.05) is 71.9 Å². The number of nitrogens with one attached hydrogen (secondary N) is 1. The fraction of sp³-hybridized carbons (Fsp3) is 0.370. The number of halogens is 1. The average molecular weight is 486 g/mol. The molecule has 1 heterocycles. The molecular weight excluding hydrogens is 450 g/mol. The molecule has 178 valence electrons. The maximum absolute atomic E-state index is 10.9. The first kappa shape index (κ1) is 26.9. The number of nitrogens with two attached hydrogens (primary N) is 1. The SMILES string of the molecule is CC(C)(C)c1cc(CNCc2cccc(N=C(N)c3cccs3)c2)cc(C(C)(C)C)c1O.Cl. The number of thiophene rings is 1. The Bertz CT molecular complexity index is 1060. The zero-order valence-corrected chi connectivity index (χ0v) is 22.0. The molecule has 0 spiro atoms. The zero-order chi connectivity index (χ0) is 23.5. The van der Waals surface area contributed by atoms with Crippen molar-refractivity contribution in [2.24, 2.45) is 10.7 Å². The van der Waals surface area contributed by atoms with Crippen LogP contribution in [0.5, 0.6) is 5.75 Å². The third kappa shape index (κ3) is 7.07. The van der Waals surface area contributed by atoms with Gasteiger partial charge in [-0.15, -0.1) is 23.7 Å². The standard InChI is InChI=1S/C27H35N3OS.ClH/c1-26(2,3)21-14-19(15-22(24(21)31)27(4,5)6)17-29-16-18-9-7-10-20(13-18)30-25(28)23-11-8-12-32-23;/h7-15,29,31H,16-17H2,1-6H3,(H2,28,30);1H. The summed E-state index contributed by atoms with van der Waals surface area (Å²) in [6.07, 6.45) is 0. The van der Waals surface area contributed by atoms with Crippen molar-refractivity contribution < 1.29 is 5.11 Å². The number of nitrogens with zero attached hydrogens (tertiary/aromatic N) is 1. The van der Waals surface area contributed by atoms with E-state index in [4.69, 9.17) is 5.73 Å². The molecule has 1 aromatic heterocycles. The van der Waals surface area contributed by atoms with E-state index in [2.05, 4.69) is 76.1 Å². The highest BCUT2D eigenvalue weighted by atomic mass is 35.5. The molecule has 0 atom stereocenters. The largest absolute Gasteiger partial charge is 0.507 e. The lowest BCUT2D eigenvalue weighted by Gasteiger charge is -2.28. The van der Waals surface area contributed by atoms with Crippen LogP contribution in [0.25, 0.3) is 0 Å². The number of rotatable bonds is 6. The second-order valence-corrected chi connectivity index (χ2v) is 11.2. The number of benzene rings is 2. The summed E-state index contributed by atoms with van der Waals surface area (Å²) in [6, 6.07) is 16.3. The smallest absolute Gasteiger partial charge is 0.141 e. The van der Waals surface area contributed by atoms with Gasteiger partial charge in [-0.3, -0.25) is 0 Å². The Morgan fingerprint density at radius 2 is 1.52 bits per heavy atom. The Hall–Kier alpha value is -2.34. The van der Waals surface area contributed by atoms with E-state index in [0.29, 0.717) is 11.6 Å². The molecular formula is C27H36ClN3OS. The number of hydrogen-bond acceptors (Lipinski definition) is 4. The Kier molecular flexibility index (Phi) is 8.75. The normalized spacial score (nSPS) is 12.5. The predicted molar refractivity (Wildman–Crippen MR) is 144 cm³/mol. The van der Waals surface area contributed by atoms with Crippen LogP contribution in [0.2, 0.25) is 0 Å². The molecule has 4 N–H and O–H groups in total. The monoisotopic (exact) mass is 485 g/mol. The predicted octanol–water partition coefficient (Wildman–Crippen LogP) is 6.80. The lowest BCUT2D eigenvalue weighted by Crippen LogP contribution is -2.19. The summed E-state index contributed by atoms with van der Waals surface area (Å²) in [5, 5.41) is 16.5. The molecule has 0 radical (unpaired) electrons. The van der Waals surface area contributed by atoms with Gasteiger partial charge >= 0.3 is 0 Å². The Morgan fingerprint density at radius 3 is 2.06 bits per heavy atom. The van der Waals surface area contributed by atoms with Crippen molar-refractivity contribution in [1.82, 2.24) is 5.32 Å². The molecule has 3 rings (SSSR count). The fourth-order valence-corrected chi connectivity index (χ4v) is 4.27. The third-order valence-electron chi connectivity index (χ3n) is 5.38. The van der Waals surface area contributed by atoms with Gasteiger partial charge < -0.3 is 16.2 Å². The van der Waals surface area contributed by atoms with E-state index in [1.165, 1.54) is 5.56 Å². The van der Waals surface area contributed by atoms with Gasteiger partial charge in [0.15, 0.2) is 0 Å². The topological polar surface area (TPSA) is 70.6 Å². The molecule has 2 aromatic carbocycles. The van der Waals surface area contributed by atoms with E-state index in [-0.39, 0.29) is 23.2 Å². The molecule has 0 aliphatic rings. The summed E-state index contributed by atoms with van der Waals surface area (Å²) in [5.74, 6) is 0.960. The quantitative estimate of drug-likeness (QED) is 0.265. The van der Waals surface area contributed by atoms with Crippen molar-refractivity contribution in [2.75, 3.05) is 0 Å². The average Bonchev–Trinajstić information content (AvgIpc) is 3.22. The van der Waals surface area contributed by atoms with Crippen molar-refractivity contribution >= 4 is 35.3 Å². The molecule has 3 aromatic rings. The maximum Gasteiger partial charge on any atom is 0.141 e. The third-order valence-corrected chi connectivity index (χ3v) is 6.27. The first-order chi connectivity index (χ1) is 14.9. The minimum Gasteiger partial charge on any atom is -0.507 e. The van der Waals surface area contributed by atoms with Gasteiger partial charge in [0.25, 0.3) is 0 Å². The lowest BCUT2D eigenvalue weighted by molar-refractivity contribution is 0.422. The molecule has 4 nitrogen and oxygen atoms in total. The van der Waals surface area contributed by atoms with Crippen LogP contribution in [0.15, 0.2) is 58.9 Å². The van der Waals surface area contributed by atoms with Crippen LogP contribution in [-0.2, 0) is 23.9 Å². The summed E-state index contributed by atoms with van der Waals surface area (Å²) in [4.78, 5) is 5.54. The van der Waals surface area contributed by atoms with E-state index in [1.807, 2.05) is 29.6 Å². The Labute approximate surface area is 208 Å². The van der Waals surface area contributed by atoms with Crippen molar-refractivity contribution in [3.63, 3.8) is 0 Å². The van der Waals surface area contributed by atoms with Gasteiger partial charge in [0, 0.05) is 13.1 Å². The molecule has 33 heavy (non-hydrogen) atoms. The number of phenolic OH excluding ortho intramolecular Hbond substituents is 1. The van der Waals surface area contributed by atoms with E-state index >= 15 is 0 Å². The molecule has 0 aliphatic carbocycles. The number of amidine groups is 1. The van der Waals surface area contributed by atoms with Crippen molar-refractivity contribution in [3.8, 4) is 5.75 Å². The van der Waals surface area contributed by atoms with E-state index < -0.39 is 0 Å². The number of aliphatic imine (C=N–C) groups is 1. The summed E-state index contributed by atoms with van der Waals surface area (Å²) < 4.78 is 0. The van der Waals surface area contributed by atoms with Gasteiger partial charge in [0.2, 0.25) is 0 Å². The molecule has 0 fully saturated rings. The fourth-order valence-electron chi connectivity index (χ4n) is 3.65. The molecule has 0 unspecified atom stereocenters. The van der Waals surface area contributed by atoms with Crippen LogP contribution in [0.1, 0.15) is 68.7 Å². The molecule has 0 aliphatic heterocycles. The number of aromatic hydroxyl groups is 1. The molecule has 0 bridgehead atoms. The van der Waals surface area contributed by atoms with Gasteiger partial charge in [-0.2, -0.15) is 0 Å². The highest BCUT2D eigenvalue weighted by Gasteiger charge is 2.26. The molecule has 6 heteroatoms. The summed E-state index contributed by atoms with van der Waals surface area (Å²) >= 11 is 1.59. The van der Waals surface area contributed by atoms with Gasteiger partial charge in [0.05, 0.1) is 10.6 Å². The number of phenols is 1. The van der Waals surface area contributed by atoms with E-state index in [9.17, 15) is 5.11 Å². The Balaban J connectivity index is 0.00000385. The zero-order valence-electron chi connectivity index (χ0n) is 20.4. The van der Waals surface area contributed by atoms with Gasteiger partial charge in [0.1, 0.15) is 11.6 Å². The lowest BCUT2D eigenvalue weighted by atomic mass is 9.78. The van der Waals surface area contributed by atoms with Crippen LogP contribution in [0.4, 0.5) is 5.69 Å². The van der Waals surface area contributed by atoms with Crippen molar-refractivity contribution in [2.45, 2.75) is 65.5 Å². The minimum atomic E-state index is -0.130. The van der Waals surface area contributed by atoms with Crippen LogP contribution >= 0.6 is 23.7 Å². The van der Waals surface area contributed by atoms with Crippen LogP contribution < -0.4 is 11.1 Å². The second kappa shape index (κ2) is 10.7. The Morgan fingerprint density at radius 1 is 0.909 bits per heavy atom. The molecule has 0 amide bonds. The maximum atomic E-state index is 10.9. The van der Waals surface area contributed by atoms with Gasteiger partial charge in [-0.05, 0) is 56.7 Å². The minimum absolute atomic E-state index is 0. The van der Waals surface area contributed by atoms with E-state index in [1.54, 1.807) is 11.3 Å². The van der Waals surface area contributed by atoms with E-state index in [0.717, 1.165) is 40.3 Å². The molecule has 0 saturated carbocycles. The summed E-state index contributed by atoms with van der Waals surface area (Å²) in [7, 11) is 0. The summed E-state index contributed by atoms with van der Waals surface area (Å²) in [6.45, 7) is 14.3. The first-order valence-corrected chi connectivity index (χ1v) is 11.9. The highest BCUT2D eigenvalue weighted by Crippen LogP contribution is 2.39. The van der Waals surface area contributed by atoms with Crippen LogP contribution in [0, 0.1) is 0 Å². The van der Waals surface area contributed by atoms with Gasteiger partial charge in [-0.25, -0.2) is 4.99 Å². The van der Waals surface area contributed by atoms with Crippen molar-refractivity contribution in [1.29, 1.82) is 0 Å². The number of hydrogen-bond donors (Lipinski definition) is 3. The first-order valence-electron chi connectivity index (χ1n) is 11.0. The highest BCUT2D eigenvalue weighted by molar-refractivity contribution is 7.12. The summed E-state index contributed by atoms with van der Waals surface area (Å²) in [5.41, 5.74) is 11.0. The molecule has 0 saturated heterocycles. The second-order valence-electron chi connectivity index (χ2n) is 10.3.